The molecule has 5 nitrogen and oxygen atoms in total. The number of nitrogens with two attached hydrogens (primary N) is 1. The van der Waals surface area contributed by atoms with E-state index in [1.165, 1.54) is 18.2 Å². The number of nitrogen functional groups attached to an aromatic ring is 1. The molecule has 1 amide bonds. The van der Waals surface area contributed by atoms with Crippen LogP contribution in [-0.4, -0.2) is 12.6 Å². The van der Waals surface area contributed by atoms with E-state index in [9.17, 15) is 9.18 Å². The van der Waals surface area contributed by atoms with Gasteiger partial charge in [0.1, 0.15) is 5.82 Å². The van der Waals surface area contributed by atoms with E-state index in [1.54, 1.807) is 6.92 Å². The first kappa shape index (κ1) is 12.6. The third kappa shape index (κ3) is 3.95. The molecular weight excluding hydrogens is 233 g/mol. The molecule has 7 heteroatoms. The summed E-state index contributed by atoms with van der Waals surface area (Å²) in [4.78, 5) is 17.9. The monoisotopic (exact) mass is 245 g/mol. The van der Waals surface area contributed by atoms with E-state index in [4.69, 9.17) is 5.73 Å². The third-order valence-electron chi connectivity index (χ3n) is 1.56. The van der Waals surface area contributed by atoms with Crippen LogP contribution < -0.4 is 15.9 Å². The van der Waals surface area contributed by atoms with Crippen LogP contribution in [0.3, 0.4) is 0 Å². The van der Waals surface area contributed by atoms with Crippen LogP contribution in [0, 0.1) is 5.82 Å². The molecule has 88 valence electrons. The fourth-order valence-corrected chi connectivity index (χ4v) is 1.45. The molecule has 4 N–H and O–H groups in total. The van der Waals surface area contributed by atoms with Gasteiger partial charge in [-0.3, -0.25) is 0 Å². The second kappa shape index (κ2) is 6.19. The Bertz CT molecular complexity index is 376. The fraction of sp³-hybridized carbons (Fsp3) is 0.222. The minimum Gasteiger partial charge on any atom is -0.399 e. The molecular formula is C9H12FN3O2S. The SMILES string of the molecule is CCNC(=O)ONSc1cc(N)ccc1F. The van der Waals surface area contributed by atoms with E-state index in [0.29, 0.717) is 12.2 Å². The number of halogens is 1. The molecule has 0 saturated heterocycles. The van der Waals surface area contributed by atoms with Crippen LogP contribution >= 0.6 is 11.9 Å². The van der Waals surface area contributed by atoms with Crippen LogP contribution in [0.1, 0.15) is 6.92 Å². The van der Waals surface area contributed by atoms with Gasteiger partial charge in [0.2, 0.25) is 0 Å². The minimum atomic E-state index is -0.626. The van der Waals surface area contributed by atoms with Gasteiger partial charge >= 0.3 is 6.09 Å². The Kier molecular flexibility index (Phi) is 4.87. The summed E-state index contributed by atoms with van der Waals surface area (Å²) in [5.74, 6) is -0.439. The smallest absolute Gasteiger partial charge is 0.399 e. The Morgan fingerprint density at radius 2 is 2.38 bits per heavy atom. The van der Waals surface area contributed by atoms with Gasteiger partial charge in [0.15, 0.2) is 0 Å². The van der Waals surface area contributed by atoms with E-state index in [1.807, 2.05) is 0 Å². The summed E-state index contributed by atoms with van der Waals surface area (Å²) in [6, 6.07) is 4.13. The maximum atomic E-state index is 13.2. The van der Waals surface area contributed by atoms with Crippen molar-refractivity contribution in [1.29, 1.82) is 0 Å². The first-order valence-corrected chi connectivity index (χ1v) is 5.36. The summed E-state index contributed by atoms with van der Waals surface area (Å²) in [7, 11) is 0. The highest BCUT2D eigenvalue weighted by Crippen LogP contribution is 2.21. The number of benzene rings is 1. The van der Waals surface area contributed by atoms with Gasteiger partial charge in [-0.05, 0) is 37.1 Å². The molecule has 0 aromatic heterocycles. The van der Waals surface area contributed by atoms with Crippen molar-refractivity contribution in [3.8, 4) is 0 Å². The highest BCUT2D eigenvalue weighted by molar-refractivity contribution is 7.97. The largest absolute Gasteiger partial charge is 0.426 e. The molecule has 0 radical (unpaired) electrons. The second-order valence-electron chi connectivity index (χ2n) is 2.80. The quantitative estimate of drug-likeness (QED) is 0.427. The average Bonchev–Trinajstić information content (AvgIpc) is 2.23. The van der Waals surface area contributed by atoms with Crippen molar-refractivity contribution in [1.82, 2.24) is 10.2 Å². The zero-order valence-corrected chi connectivity index (χ0v) is 9.44. The minimum absolute atomic E-state index is 0.254. The molecule has 0 spiro atoms. The molecule has 16 heavy (non-hydrogen) atoms. The van der Waals surface area contributed by atoms with Crippen LogP contribution in [0.4, 0.5) is 14.9 Å². The summed E-state index contributed by atoms with van der Waals surface area (Å²) in [5, 5.41) is 2.40. The molecule has 0 saturated carbocycles. The fourth-order valence-electron chi connectivity index (χ4n) is 0.882. The maximum Gasteiger partial charge on any atom is 0.426 e. The van der Waals surface area contributed by atoms with Crippen LogP contribution in [-0.2, 0) is 4.84 Å². The summed E-state index contributed by atoms with van der Waals surface area (Å²) in [6.45, 7) is 2.21. The number of carbonyl (C=O) groups excluding carboxylic acids is 1. The van der Waals surface area contributed by atoms with Crippen molar-refractivity contribution < 1.29 is 14.0 Å². The Morgan fingerprint density at radius 1 is 1.62 bits per heavy atom. The van der Waals surface area contributed by atoms with Gasteiger partial charge in [-0.15, -0.1) is 0 Å². The van der Waals surface area contributed by atoms with Gasteiger partial charge in [-0.2, -0.15) is 0 Å². The molecule has 0 unspecified atom stereocenters. The molecule has 0 aliphatic rings. The molecule has 1 rings (SSSR count). The van der Waals surface area contributed by atoms with Crippen molar-refractivity contribution in [3.63, 3.8) is 0 Å². The lowest BCUT2D eigenvalue weighted by atomic mass is 10.3. The van der Waals surface area contributed by atoms with E-state index in [0.717, 1.165) is 11.9 Å². The van der Waals surface area contributed by atoms with Crippen LogP contribution in [0.25, 0.3) is 0 Å². The molecule has 0 fully saturated rings. The summed E-state index contributed by atoms with van der Waals surface area (Å²) in [5.41, 5.74) is 5.91. The van der Waals surface area contributed by atoms with E-state index in [-0.39, 0.29) is 4.90 Å². The van der Waals surface area contributed by atoms with Crippen molar-refractivity contribution in [2.45, 2.75) is 11.8 Å². The number of amides is 1. The molecule has 1 aromatic carbocycles. The molecule has 0 heterocycles. The number of carbonyl (C=O) groups is 1. The lowest BCUT2D eigenvalue weighted by Gasteiger charge is -2.06. The third-order valence-corrected chi connectivity index (χ3v) is 2.26. The zero-order chi connectivity index (χ0) is 12.0. The number of nitrogens with one attached hydrogen (secondary N) is 2. The van der Waals surface area contributed by atoms with Gasteiger partial charge < -0.3 is 15.9 Å². The predicted octanol–water partition coefficient (Wildman–Crippen LogP) is 1.67. The van der Waals surface area contributed by atoms with Crippen molar-refractivity contribution in [2.75, 3.05) is 12.3 Å². The second-order valence-corrected chi connectivity index (χ2v) is 3.61. The Morgan fingerprint density at radius 3 is 3.06 bits per heavy atom. The van der Waals surface area contributed by atoms with E-state index in [2.05, 4.69) is 15.0 Å². The summed E-state index contributed by atoms with van der Waals surface area (Å²) < 4.78 is 13.2. The molecule has 0 atom stereocenters. The number of hydrogen-bond acceptors (Lipinski definition) is 5. The van der Waals surface area contributed by atoms with Crippen molar-refractivity contribution in [3.05, 3.63) is 24.0 Å². The number of rotatable bonds is 4. The van der Waals surface area contributed by atoms with Gasteiger partial charge in [-0.25, -0.2) is 9.18 Å². The highest BCUT2D eigenvalue weighted by Gasteiger charge is 2.05. The van der Waals surface area contributed by atoms with Crippen LogP contribution in [0.5, 0.6) is 0 Å². The zero-order valence-electron chi connectivity index (χ0n) is 8.62. The van der Waals surface area contributed by atoms with Gasteiger partial charge in [0, 0.05) is 12.2 Å². The maximum absolute atomic E-state index is 13.2. The highest BCUT2D eigenvalue weighted by atomic mass is 32.2. The Labute approximate surface area is 96.6 Å². The summed E-state index contributed by atoms with van der Waals surface area (Å²) in [6.07, 6.45) is -0.626. The predicted molar refractivity (Wildman–Crippen MR) is 60.0 cm³/mol. The molecule has 0 aliphatic heterocycles. The van der Waals surface area contributed by atoms with Gasteiger partial charge in [0.05, 0.1) is 4.90 Å². The van der Waals surface area contributed by atoms with Gasteiger partial charge in [0.25, 0.3) is 0 Å². The first-order chi connectivity index (χ1) is 7.63. The van der Waals surface area contributed by atoms with Crippen LogP contribution in [0.15, 0.2) is 23.1 Å². The number of hydrogen-bond donors (Lipinski definition) is 3. The van der Waals surface area contributed by atoms with Crippen molar-refractivity contribution >= 4 is 23.7 Å². The lowest BCUT2D eigenvalue weighted by molar-refractivity contribution is 0.130. The molecule has 0 bridgehead atoms. The lowest BCUT2D eigenvalue weighted by Crippen LogP contribution is -2.27. The summed E-state index contributed by atoms with van der Waals surface area (Å²) >= 11 is 0.827. The van der Waals surface area contributed by atoms with E-state index >= 15 is 0 Å². The average molecular weight is 245 g/mol. The van der Waals surface area contributed by atoms with E-state index < -0.39 is 11.9 Å². The van der Waals surface area contributed by atoms with Gasteiger partial charge in [-0.1, -0.05) is 4.89 Å². The van der Waals surface area contributed by atoms with Crippen molar-refractivity contribution in [2.24, 2.45) is 0 Å². The molecule has 0 aliphatic carbocycles. The normalized spacial score (nSPS) is 9.88. The first-order valence-electron chi connectivity index (χ1n) is 4.55. The Balaban J connectivity index is 2.42. The standard InChI is InChI=1S/C9H12FN3O2S/c1-2-12-9(14)15-13-16-8-5-6(11)3-4-7(8)10/h3-5,13H,2,11H2,1H3,(H,12,14). The topological polar surface area (TPSA) is 76.4 Å². The number of anilines is 1. The molecule has 1 aromatic rings. The Hall–Kier alpha value is -1.47. The van der Waals surface area contributed by atoms with Crippen LogP contribution in [0.2, 0.25) is 0 Å².